The van der Waals surface area contributed by atoms with Crippen LogP contribution in [0.5, 0.6) is 17.2 Å². The third-order valence-corrected chi connectivity index (χ3v) is 3.13. The number of aliphatic hydroxyl groups is 1. The zero-order chi connectivity index (χ0) is 15.0. The minimum atomic E-state index is -0.512. The summed E-state index contributed by atoms with van der Waals surface area (Å²) in [7, 11) is 3.20. The predicted octanol–water partition coefficient (Wildman–Crippen LogP) is 1.96. The van der Waals surface area contributed by atoms with Gasteiger partial charge in [0.2, 0.25) is 5.75 Å². The highest BCUT2D eigenvalue weighted by atomic mass is 16.5. The van der Waals surface area contributed by atoms with Crippen molar-refractivity contribution in [1.82, 2.24) is 0 Å². The van der Waals surface area contributed by atoms with Gasteiger partial charge in [-0.2, -0.15) is 0 Å². The first-order valence-electron chi connectivity index (χ1n) is 6.77. The van der Waals surface area contributed by atoms with Crippen molar-refractivity contribution < 1.29 is 19.3 Å². The number of methoxy groups -OCH3 is 2. The van der Waals surface area contributed by atoms with E-state index in [1.165, 1.54) is 0 Å². The van der Waals surface area contributed by atoms with Crippen molar-refractivity contribution in [2.75, 3.05) is 27.4 Å². The van der Waals surface area contributed by atoms with Crippen LogP contribution in [-0.2, 0) is 0 Å². The van der Waals surface area contributed by atoms with Crippen molar-refractivity contribution >= 4 is 0 Å². The SMILES string of the molecule is COc1cccc(OC)c1OCCCCC(C)(N)CO. The van der Waals surface area contributed by atoms with Crippen LogP contribution in [0, 0.1) is 0 Å². The second-order valence-electron chi connectivity index (χ2n) is 5.11. The van der Waals surface area contributed by atoms with Crippen molar-refractivity contribution in [3.05, 3.63) is 18.2 Å². The van der Waals surface area contributed by atoms with Gasteiger partial charge in [0, 0.05) is 5.54 Å². The van der Waals surface area contributed by atoms with E-state index in [-0.39, 0.29) is 6.61 Å². The van der Waals surface area contributed by atoms with E-state index in [4.69, 9.17) is 25.1 Å². The number of hydrogen-bond donors (Lipinski definition) is 2. The van der Waals surface area contributed by atoms with Crippen LogP contribution in [0.4, 0.5) is 0 Å². The van der Waals surface area contributed by atoms with Gasteiger partial charge in [-0.3, -0.25) is 0 Å². The van der Waals surface area contributed by atoms with E-state index in [2.05, 4.69) is 0 Å². The summed E-state index contributed by atoms with van der Waals surface area (Å²) in [6, 6.07) is 5.52. The predicted molar refractivity (Wildman–Crippen MR) is 78.6 cm³/mol. The minimum absolute atomic E-state index is 0.00577. The van der Waals surface area contributed by atoms with Gasteiger partial charge >= 0.3 is 0 Å². The molecule has 0 amide bonds. The van der Waals surface area contributed by atoms with Crippen molar-refractivity contribution in [3.8, 4) is 17.2 Å². The minimum Gasteiger partial charge on any atom is -0.493 e. The Kier molecular flexibility index (Phi) is 6.61. The number of aliphatic hydroxyl groups excluding tert-OH is 1. The maximum absolute atomic E-state index is 9.08. The number of ether oxygens (including phenoxy) is 3. The maximum atomic E-state index is 9.08. The number of nitrogens with two attached hydrogens (primary N) is 1. The molecular weight excluding hydrogens is 258 g/mol. The van der Waals surface area contributed by atoms with Gasteiger partial charge in [-0.15, -0.1) is 0 Å². The molecule has 114 valence electrons. The van der Waals surface area contributed by atoms with E-state index in [1.54, 1.807) is 14.2 Å². The first kappa shape index (κ1) is 16.6. The number of unbranched alkanes of at least 4 members (excludes halogenated alkanes) is 1. The molecule has 0 radical (unpaired) electrons. The fraction of sp³-hybridized carbons (Fsp3) is 0.600. The molecule has 0 fully saturated rings. The van der Waals surface area contributed by atoms with E-state index >= 15 is 0 Å². The maximum Gasteiger partial charge on any atom is 0.203 e. The Morgan fingerprint density at radius 2 is 1.75 bits per heavy atom. The van der Waals surface area contributed by atoms with E-state index in [1.807, 2.05) is 25.1 Å². The van der Waals surface area contributed by atoms with Crippen LogP contribution in [0.3, 0.4) is 0 Å². The molecule has 0 spiro atoms. The quantitative estimate of drug-likeness (QED) is 0.678. The first-order valence-corrected chi connectivity index (χ1v) is 6.77. The van der Waals surface area contributed by atoms with E-state index in [0.29, 0.717) is 23.9 Å². The van der Waals surface area contributed by atoms with Gasteiger partial charge in [0.15, 0.2) is 11.5 Å². The smallest absolute Gasteiger partial charge is 0.203 e. The summed E-state index contributed by atoms with van der Waals surface area (Å²) in [6.07, 6.45) is 2.51. The van der Waals surface area contributed by atoms with Crippen LogP contribution in [0.1, 0.15) is 26.2 Å². The average Bonchev–Trinajstić information content (AvgIpc) is 2.46. The zero-order valence-corrected chi connectivity index (χ0v) is 12.5. The average molecular weight is 283 g/mol. The normalized spacial score (nSPS) is 13.7. The van der Waals surface area contributed by atoms with Gasteiger partial charge < -0.3 is 25.1 Å². The lowest BCUT2D eigenvalue weighted by Gasteiger charge is -2.21. The molecule has 0 aliphatic carbocycles. The van der Waals surface area contributed by atoms with E-state index in [9.17, 15) is 0 Å². The summed E-state index contributed by atoms with van der Waals surface area (Å²) in [5, 5.41) is 9.08. The fourth-order valence-electron chi connectivity index (χ4n) is 1.84. The molecule has 0 saturated carbocycles. The summed E-state index contributed by atoms with van der Waals surface area (Å²) in [5.41, 5.74) is 5.36. The molecule has 0 bridgehead atoms. The highest BCUT2D eigenvalue weighted by Crippen LogP contribution is 2.36. The van der Waals surface area contributed by atoms with Crippen LogP contribution in [0.2, 0.25) is 0 Å². The van der Waals surface area contributed by atoms with Crippen LogP contribution >= 0.6 is 0 Å². The molecule has 3 N–H and O–H groups in total. The lowest BCUT2D eigenvalue weighted by Crippen LogP contribution is -2.39. The Hall–Kier alpha value is -1.46. The molecular formula is C15H25NO4. The number of para-hydroxylation sites is 1. The molecule has 1 unspecified atom stereocenters. The van der Waals surface area contributed by atoms with Gasteiger partial charge in [0.1, 0.15) is 0 Å². The number of benzene rings is 1. The Balaban J connectivity index is 2.46. The van der Waals surface area contributed by atoms with Crippen molar-refractivity contribution in [1.29, 1.82) is 0 Å². The van der Waals surface area contributed by atoms with Crippen LogP contribution in [0.25, 0.3) is 0 Å². The van der Waals surface area contributed by atoms with Gasteiger partial charge in [-0.1, -0.05) is 6.07 Å². The summed E-state index contributed by atoms with van der Waals surface area (Å²) in [4.78, 5) is 0. The van der Waals surface area contributed by atoms with Crippen LogP contribution < -0.4 is 19.9 Å². The van der Waals surface area contributed by atoms with Gasteiger partial charge in [-0.05, 0) is 38.3 Å². The van der Waals surface area contributed by atoms with Crippen LogP contribution in [0.15, 0.2) is 18.2 Å². The molecule has 5 nitrogen and oxygen atoms in total. The van der Waals surface area contributed by atoms with Crippen molar-refractivity contribution in [2.24, 2.45) is 5.73 Å². The zero-order valence-electron chi connectivity index (χ0n) is 12.5. The second kappa shape index (κ2) is 7.97. The summed E-state index contributed by atoms with van der Waals surface area (Å²) in [5.74, 6) is 1.93. The first-order chi connectivity index (χ1) is 9.54. The molecule has 5 heteroatoms. The largest absolute Gasteiger partial charge is 0.493 e. The molecule has 0 saturated heterocycles. The summed E-state index contributed by atoms with van der Waals surface area (Å²) in [6.45, 7) is 2.39. The summed E-state index contributed by atoms with van der Waals surface area (Å²) < 4.78 is 16.3. The Morgan fingerprint density at radius 3 is 2.25 bits per heavy atom. The highest BCUT2D eigenvalue weighted by molar-refractivity contribution is 5.51. The molecule has 0 aliphatic heterocycles. The molecule has 1 rings (SSSR count). The van der Waals surface area contributed by atoms with Gasteiger partial charge in [0.05, 0.1) is 27.4 Å². The molecule has 1 aromatic rings. The monoisotopic (exact) mass is 283 g/mol. The number of hydrogen-bond acceptors (Lipinski definition) is 5. The van der Waals surface area contributed by atoms with Crippen molar-refractivity contribution in [2.45, 2.75) is 31.7 Å². The lowest BCUT2D eigenvalue weighted by molar-refractivity contribution is 0.193. The second-order valence-corrected chi connectivity index (χ2v) is 5.11. The molecule has 0 heterocycles. The molecule has 20 heavy (non-hydrogen) atoms. The third-order valence-electron chi connectivity index (χ3n) is 3.13. The molecule has 1 aromatic carbocycles. The summed E-state index contributed by atoms with van der Waals surface area (Å²) >= 11 is 0. The fourth-order valence-corrected chi connectivity index (χ4v) is 1.84. The molecule has 0 aliphatic rings. The Labute approximate surface area is 120 Å². The Morgan fingerprint density at radius 1 is 1.15 bits per heavy atom. The van der Waals surface area contributed by atoms with E-state index in [0.717, 1.165) is 19.3 Å². The standard InChI is InChI=1S/C15H25NO4/c1-15(16,11-17)9-4-5-10-20-14-12(18-2)7-6-8-13(14)19-3/h6-8,17H,4-5,9-11,16H2,1-3H3. The lowest BCUT2D eigenvalue weighted by atomic mass is 9.97. The number of rotatable bonds is 9. The molecule has 1 atom stereocenters. The highest BCUT2D eigenvalue weighted by Gasteiger charge is 2.16. The molecule has 0 aromatic heterocycles. The van der Waals surface area contributed by atoms with Gasteiger partial charge in [-0.25, -0.2) is 0 Å². The van der Waals surface area contributed by atoms with E-state index < -0.39 is 5.54 Å². The van der Waals surface area contributed by atoms with Gasteiger partial charge in [0.25, 0.3) is 0 Å². The Bertz CT molecular complexity index is 385. The topological polar surface area (TPSA) is 73.9 Å². The third kappa shape index (κ3) is 4.90. The van der Waals surface area contributed by atoms with Crippen molar-refractivity contribution in [3.63, 3.8) is 0 Å². The van der Waals surface area contributed by atoms with Crippen LogP contribution in [-0.4, -0.2) is 38.1 Å².